The second-order valence-electron chi connectivity index (χ2n) is 9.05. The summed E-state index contributed by atoms with van der Waals surface area (Å²) in [4.78, 5) is 24.5. The summed E-state index contributed by atoms with van der Waals surface area (Å²) in [6, 6.07) is 9.01. The van der Waals surface area contributed by atoms with Gasteiger partial charge in [0.15, 0.2) is 11.9 Å². The fraction of sp³-hybridized carbons (Fsp3) is 0.682. The number of carbonyl (C=O) groups is 1. The van der Waals surface area contributed by atoms with Crippen LogP contribution in [0.2, 0.25) is 0 Å². The van der Waals surface area contributed by atoms with Gasteiger partial charge >= 0.3 is 5.97 Å². The van der Waals surface area contributed by atoms with E-state index in [4.69, 9.17) is 24.0 Å². The monoisotopic (exact) mass is 388 g/mol. The van der Waals surface area contributed by atoms with Gasteiger partial charge in [0.25, 0.3) is 0 Å². The third-order valence-corrected chi connectivity index (χ3v) is 7.33. The Morgan fingerprint density at radius 2 is 1.86 bits per heavy atom. The lowest BCUT2D eigenvalue weighted by atomic mass is 9.58. The fourth-order valence-corrected chi connectivity index (χ4v) is 5.75. The molecule has 0 radical (unpaired) electrons. The zero-order chi connectivity index (χ0) is 19.5. The quantitative estimate of drug-likeness (QED) is 0.563. The first-order valence-corrected chi connectivity index (χ1v) is 10.4. The Labute approximate surface area is 165 Å². The van der Waals surface area contributed by atoms with Crippen molar-refractivity contribution < 1.29 is 28.8 Å². The van der Waals surface area contributed by atoms with Crippen LogP contribution in [0.15, 0.2) is 30.3 Å². The van der Waals surface area contributed by atoms with Crippen molar-refractivity contribution in [2.75, 3.05) is 0 Å². The zero-order valence-corrected chi connectivity index (χ0v) is 16.6. The van der Waals surface area contributed by atoms with E-state index >= 15 is 0 Å². The number of fused-ring (bicyclic) bond motifs is 2. The summed E-state index contributed by atoms with van der Waals surface area (Å²) < 4.78 is 18.4. The predicted molar refractivity (Wildman–Crippen MR) is 98.7 cm³/mol. The summed E-state index contributed by atoms with van der Waals surface area (Å²) in [5.41, 5.74) is -0.119. The number of rotatable bonds is 2. The number of carbonyl (C=O) groups excluding carboxylic acids is 1. The number of hydrogen-bond acceptors (Lipinski definition) is 6. The molecule has 28 heavy (non-hydrogen) atoms. The molecule has 8 atom stereocenters. The molecule has 1 saturated carbocycles. The highest BCUT2D eigenvalue weighted by Gasteiger charge is 2.69. The number of ether oxygens (including phenoxy) is 3. The molecule has 6 heteroatoms. The molecule has 1 aromatic rings. The first-order chi connectivity index (χ1) is 13.4. The van der Waals surface area contributed by atoms with Gasteiger partial charge in [-0.05, 0) is 50.2 Å². The van der Waals surface area contributed by atoms with Crippen LogP contribution in [-0.2, 0) is 24.0 Å². The maximum atomic E-state index is 12.6. The molecule has 0 amide bonds. The normalized spacial score (nSPS) is 47.1. The van der Waals surface area contributed by atoms with E-state index in [9.17, 15) is 4.79 Å². The van der Waals surface area contributed by atoms with Gasteiger partial charge in [-0.3, -0.25) is 0 Å². The van der Waals surface area contributed by atoms with Gasteiger partial charge < -0.3 is 14.2 Å². The smallest absolute Gasteiger partial charge is 0.340 e. The minimum Gasteiger partial charge on any atom is -0.432 e. The Hall–Kier alpha value is -1.47. The van der Waals surface area contributed by atoms with Crippen molar-refractivity contribution in [3.05, 3.63) is 35.9 Å². The Balaban J connectivity index is 1.46. The number of hydrogen-bond donors (Lipinski definition) is 0. The van der Waals surface area contributed by atoms with E-state index < -0.39 is 24.0 Å². The van der Waals surface area contributed by atoms with Crippen molar-refractivity contribution in [1.82, 2.24) is 0 Å². The highest BCUT2D eigenvalue weighted by molar-refractivity contribution is 5.89. The molecular weight excluding hydrogens is 360 g/mol. The second-order valence-corrected chi connectivity index (χ2v) is 9.05. The van der Waals surface area contributed by atoms with Crippen molar-refractivity contribution in [3.63, 3.8) is 0 Å². The molecule has 1 aromatic carbocycles. The summed E-state index contributed by atoms with van der Waals surface area (Å²) >= 11 is 0. The second kappa shape index (κ2) is 6.52. The standard InChI is InChI=1S/C22H28O6/c1-13-9-10-17-14(2)19(24-18(23)15-7-5-4-6-8-15)25-20-22(17)16(13)11-12-21(3,26-20)27-28-22/h4-8,13-14,16-17,19-20H,9-12H2,1-3H3/t13-,14-,16+,17+,19+,20-,21+,22-/m1/s1. The largest absolute Gasteiger partial charge is 0.432 e. The van der Waals surface area contributed by atoms with Crippen LogP contribution in [0.5, 0.6) is 0 Å². The molecule has 6 nitrogen and oxygen atoms in total. The van der Waals surface area contributed by atoms with Gasteiger partial charge in [-0.1, -0.05) is 32.0 Å². The van der Waals surface area contributed by atoms with E-state index in [1.165, 1.54) is 0 Å². The van der Waals surface area contributed by atoms with Gasteiger partial charge in [-0.15, -0.1) is 0 Å². The van der Waals surface area contributed by atoms with Crippen LogP contribution in [-0.4, -0.2) is 29.9 Å². The summed E-state index contributed by atoms with van der Waals surface area (Å²) in [5.74, 6) is -0.278. The maximum absolute atomic E-state index is 12.6. The van der Waals surface area contributed by atoms with Crippen LogP contribution in [0.3, 0.4) is 0 Å². The molecule has 6 rings (SSSR count). The van der Waals surface area contributed by atoms with Crippen molar-refractivity contribution in [1.29, 1.82) is 0 Å². The number of esters is 1. The highest BCUT2D eigenvalue weighted by atomic mass is 17.3. The van der Waals surface area contributed by atoms with Crippen LogP contribution in [0.25, 0.3) is 0 Å². The molecule has 5 fully saturated rings. The van der Waals surface area contributed by atoms with Crippen LogP contribution >= 0.6 is 0 Å². The van der Waals surface area contributed by atoms with Crippen LogP contribution < -0.4 is 0 Å². The molecule has 1 aliphatic carbocycles. The Morgan fingerprint density at radius 3 is 2.64 bits per heavy atom. The molecule has 1 spiro atoms. The molecule has 0 aromatic heterocycles. The van der Waals surface area contributed by atoms with Crippen molar-refractivity contribution >= 4 is 5.97 Å². The molecule has 0 N–H and O–H groups in total. The van der Waals surface area contributed by atoms with E-state index in [2.05, 4.69) is 13.8 Å². The first-order valence-electron chi connectivity index (χ1n) is 10.4. The molecule has 4 saturated heterocycles. The van der Waals surface area contributed by atoms with Crippen LogP contribution in [0, 0.1) is 23.7 Å². The number of benzene rings is 1. The predicted octanol–water partition coefficient (Wildman–Crippen LogP) is 4.05. The SMILES string of the molecule is C[C@H]1[C@@H](OC(=O)c2ccccc2)O[C@@H]2O[C@]3(C)CC[C@H]4[C@H](C)CC[C@@H]1[C@@]24OO3. The Morgan fingerprint density at radius 1 is 1.07 bits per heavy atom. The van der Waals surface area contributed by atoms with Gasteiger partial charge in [-0.2, -0.15) is 0 Å². The van der Waals surface area contributed by atoms with Gasteiger partial charge in [0.2, 0.25) is 12.1 Å². The molecule has 4 aliphatic heterocycles. The van der Waals surface area contributed by atoms with E-state index in [0.29, 0.717) is 17.4 Å². The van der Waals surface area contributed by atoms with Gasteiger partial charge in [0.1, 0.15) is 0 Å². The van der Waals surface area contributed by atoms with Crippen molar-refractivity contribution in [2.45, 2.75) is 70.4 Å². The lowest BCUT2D eigenvalue weighted by Gasteiger charge is -2.59. The van der Waals surface area contributed by atoms with E-state index in [-0.39, 0.29) is 17.8 Å². The van der Waals surface area contributed by atoms with E-state index in [1.807, 2.05) is 25.1 Å². The molecule has 4 heterocycles. The molecule has 0 unspecified atom stereocenters. The highest BCUT2D eigenvalue weighted by Crippen LogP contribution is 2.60. The Kier molecular flexibility index (Phi) is 4.32. The summed E-state index contributed by atoms with van der Waals surface area (Å²) in [7, 11) is 0. The Bertz CT molecular complexity index is 753. The average molecular weight is 388 g/mol. The van der Waals surface area contributed by atoms with Gasteiger partial charge in [0.05, 0.1) is 5.56 Å². The van der Waals surface area contributed by atoms with E-state index in [0.717, 1.165) is 25.7 Å². The third kappa shape index (κ3) is 2.65. The van der Waals surface area contributed by atoms with Crippen molar-refractivity contribution in [3.8, 4) is 0 Å². The minimum absolute atomic E-state index is 0.0198. The van der Waals surface area contributed by atoms with Crippen LogP contribution in [0.4, 0.5) is 0 Å². The molecular formula is C22H28O6. The lowest BCUT2D eigenvalue weighted by molar-refractivity contribution is -0.576. The summed E-state index contributed by atoms with van der Waals surface area (Å²) in [6.45, 7) is 6.25. The van der Waals surface area contributed by atoms with Crippen molar-refractivity contribution in [2.24, 2.45) is 23.7 Å². The van der Waals surface area contributed by atoms with Crippen LogP contribution in [0.1, 0.15) is 56.8 Å². The molecule has 2 bridgehead atoms. The topological polar surface area (TPSA) is 63.2 Å². The molecule has 5 aliphatic rings. The average Bonchev–Trinajstić information content (AvgIpc) is 2.92. The summed E-state index contributed by atoms with van der Waals surface area (Å²) in [5, 5.41) is 0. The van der Waals surface area contributed by atoms with E-state index in [1.54, 1.807) is 12.1 Å². The minimum atomic E-state index is -0.827. The van der Waals surface area contributed by atoms with Gasteiger partial charge in [-0.25, -0.2) is 14.6 Å². The maximum Gasteiger partial charge on any atom is 0.340 e. The molecule has 152 valence electrons. The fourth-order valence-electron chi connectivity index (χ4n) is 5.75. The first kappa shape index (κ1) is 18.6. The third-order valence-electron chi connectivity index (χ3n) is 7.33. The summed E-state index contributed by atoms with van der Waals surface area (Å²) in [6.07, 6.45) is 2.56. The zero-order valence-electron chi connectivity index (χ0n) is 16.6. The van der Waals surface area contributed by atoms with Gasteiger partial charge in [0, 0.05) is 18.3 Å². The lowest BCUT2D eigenvalue weighted by Crippen LogP contribution is -2.70.